The normalized spacial score (nSPS) is 29.5. The lowest BCUT2D eigenvalue weighted by atomic mass is 9.70. The molecule has 0 saturated heterocycles. The van der Waals surface area contributed by atoms with Crippen LogP contribution >= 0.6 is 0 Å². The van der Waals surface area contributed by atoms with Crippen molar-refractivity contribution in [3.63, 3.8) is 0 Å². The van der Waals surface area contributed by atoms with Crippen LogP contribution in [0, 0.1) is 17.7 Å². The summed E-state index contributed by atoms with van der Waals surface area (Å²) < 4.78 is 14.3. The second-order valence-corrected chi connectivity index (χ2v) is 7.04. The first kappa shape index (κ1) is 15.0. The highest BCUT2D eigenvalue weighted by molar-refractivity contribution is 5.23. The number of hydrogen-bond acceptors (Lipinski definition) is 1. The number of hydrogen-bond donors (Lipinski definition) is 1. The maximum absolute atomic E-state index is 14.3. The van der Waals surface area contributed by atoms with Crippen LogP contribution in [0.15, 0.2) is 24.3 Å². The van der Waals surface area contributed by atoms with E-state index in [1.54, 1.807) is 6.07 Å². The number of halogens is 1. The van der Waals surface area contributed by atoms with Gasteiger partial charge in [0.1, 0.15) is 5.82 Å². The van der Waals surface area contributed by atoms with E-state index in [0.717, 1.165) is 24.1 Å². The minimum Gasteiger partial charge on any atom is -0.314 e. The zero-order chi connectivity index (χ0) is 14.7. The van der Waals surface area contributed by atoms with Crippen molar-refractivity contribution < 1.29 is 4.39 Å². The van der Waals surface area contributed by atoms with Crippen LogP contribution in [0.25, 0.3) is 0 Å². The van der Waals surface area contributed by atoms with Gasteiger partial charge in [0.15, 0.2) is 0 Å². The minimum atomic E-state index is -0.00364. The molecule has 0 heterocycles. The van der Waals surface area contributed by atoms with Crippen LogP contribution in [-0.2, 0) is 0 Å². The van der Waals surface area contributed by atoms with E-state index in [2.05, 4.69) is 12.2 Å². The van der Waals surface area contributed by atoms with Gasteiger partial charge in [0.2, 0.25) is 0 Å². The van der Waals surface area contributed by atoms with Gasteiger partial charge in [-0.2, -0.15) is 0 Å². The van der Waals surface area contributed by atoms with Crippen molar-refractivity contribution in [1.82, 2.24) is 5.32 Å². The van der Waals surface area contributed by atoms with Crippen LogP contribution in [0.3, 0.4) is 0 Å². The van der Waals surface area contributed by atoms with Gasteiger partial charge in [-0.25, -0.2) is 4.39 Å². The Kier molecular flexibility index (Phi) is 4.95. The molecule has 1 aromatic carbocycles. The molecule has 116 valence electrons. The molecule has 0 amide bonds. The largest absolute Gasteiger partial charge is 0.314 e. The van der Waals surface area contributed by atoms with Gasteiger partial charge in [0.25, 0.3) is 0 Å². The molecule has 3 rings (SSSR count). The summed E-state index contributed by atoms with van der Waals surface area (Å²) in [7, 11) is 0. The highest BCUT2D eigenvalue weighted by Gasteiger charge is 2.33. The zero-order valence-corrected chi connectivity index (χ0v) is 13.2. The van der Waals surface area contributed by atoms with E-state index in [0.29, 0.717) is 11.8 Å². The van der Waals surface area contributed by atoms with E-state index in [4.69, 9.17) is 0 Å². The van der Waals surface area contributed by atoms with Gasteiger partial charge in [-0.05, 0) is 61.6 Å². The van der Waals surface area contributed by atoms with Gasteiger partial charge in [-0.3, -0.25) is 0 Å². The first-order valence-corrected chi connectivity index (χ1v) is 8.75. The summed E-state index contributed by atoms with van der Waals surface area (Å²) in [6.45, 7) is 3.33. The molecule has 1 N–H and O–H groups in total. The summed E-state index contributed by atoms with van der Waals surface area (Å²) in [4.78, 5) is 0. The van der Waals surface area contributed by atoms with Crippen molar-refractivity contribution in [1.29, 1.82) is 0 Å². The number of rotatable bonds is 6. The fourth-order valence-electron chi connectivity index (χ4n) is 4.00. The van der Waals surface area contributed by atoms with Gasteiger partial charge in [-0.15, -0.1) is 0 Å². The van der Waals surface area contributed by atoms with Crippen LogP contribution in [0.5, 0.6) is 0 Å². The Morgan fingerprint density at radius 1 is 1.14 bits per heavy atom. The molecule has 3 atom stereocenters. The highest BCUT2D eigenvalue weighted by Crippen LogP contribution is 2.43. The van der Waals surface area contributed by atoms with E-state index < -0.39 is 0 Å². The molecular formula is C19H28FN. The van der Waals surface area contributed by atoms with E-state index in [1.165, 1.54) is 44.9 Å². The number of nitrogens with one attached hydrogen (secondary N) is 1. The summed E-state index contributed by atoms with van der Waals surface area (Å²) in [6.07, 6.45) is 8.96. The molecule has 1 aromatic rings. The summed E-state index contributed by atoms with van der Waals surface area (Å²) in [6, 6.07) is 8.19. The smallest absolute Gasteiger partial charge is 0.126 e. The van der Waals surface area contributed by atoms with Crippen LogP contribution in [0.1, 0.15) is 63.4 Å². The Balaban J connectivity index is 1.72. The average Bonchev–Trinajstić information content (AvgIpc) is 3.31. The molecular weight excluding hydrogens is 261 g/mol. The molecule has 2 heteroatoms. The molecule has 2 saturated carbocycles. The number of benzene rings is 1. The standard InChI is InChI=1S/C19H28FN/c1-2-5-14-8-9-15(13-21-16-10-11-16)18(12-14)17-6-3-4-7-19(17)20/h3-4,6-7,14-16,18,21H,2,5,8-13H2,1H3. The third-order valence-electron chi connectivity index (χ3n) is 5.35. The molecule has 3 unspecified atom stereocenters. The first-order valence-electron chi connectivity index (χ1n) is 8.75. The minimum absolute atomic E-state index is 0.00364. The lowest BCUT2D eigenvalue weighted by molar-refractivity contribution is 0.217. The van der Waals surface area contributed by atoms with E-state index in [-0.39, 0.29) is 5.82 Å². The molecule has 0 aromatic heterocycles. The maximum Gasteiger partial charge on any atom is 0.126 e. The molecule has 0 aliphatic heterocycles. The van der Waals surface area contributed by atoms with Gasteiger partial charge in [-0.1, -0.05) is 44.4 Å². The van der Waals surface area contributed by atoms with Crippen molar-refractivity contribution in [2.24, 2.45) is 11.8 Å². The predicted octanol–water partition coefficient (Wildman–Crippen LogP) is 4.88. The summed E-state index contributed by atoms with van der Waals surface area (Å²) in [5, 5.41) is 3.67. The van der Waals surface area contributed by atoms with Crippen LogP contribution in [0.4, 0.5) is 4.39 Å². The monoisotopic (exact) mass is 289 g/mol. The molecule has 2 aliphatic carbocycles. The summed E-state index contributed by atoms with van der Waals surface area (Å²) in [5.41, 5.74) is 0.959. The third kappa shape index (κ3) is 3.85. The third-order valence-corrected chi connectivity index (χ3v) is 5.35. The lowest BCUT2D eigenvalue weighted by Gasteiger charge is -2.37. The van der Waals surface area contributed by atoms with Crippen molar-refractivity contribution in [3.8, 4) is 0 Å². The van der Waals surface area contributed by atoms with Gasteiger partial charge in [0, 0.05) is 6.04 Å². The van der Waals surface area contributed by atoms with Gasteiger partial charge >= 0.3 is 0 Å². The Morgan fingerprint density at radius 3 is 2.67 bits per heavy atom. The fraction of sp³-hybridized carbons (Fsp3) is 0.684. The topological polar surface area (TPSA) is 12.0 Å². The molecule has 0 radical (unpaired) electrons. The quantitative estimate of drug-likeness (QED) is 0.787. The van der Waals surface area contributed by atoms with Gasteiger partial charge < -0.3 is 5.32 Å². The molecule has 21 heavy (non-hydrogen) atoms. The molecule has 2 aliphatic rings. The van der Waals surface area contributed by atoms with E-state index in [1.807, 2.05) is 18.2 Å². The maximum atomic E-state index is 14.3. The summed E-state index contributed by atoms with van der Waals surface area (Å²) in [5.74, 6) is 1.80. The average molecular weight is 289 g/mol. The lowest BCUT2D eigenvalue weighted by Crippen LogP contribution is -2.33. The van der Waals surface area contributed by atoms with Crippen LogP contribution in [-0.4, -0.2) is 12.6 Å². The summed E-state index contributed by atoms with van der Waals surface area (Å²) >= 11 is 0. The second kappa shape index (κ2) is 6.91. The Hall–Kier alpha value is -0.890. The van der Waals surface area contributed by atoms with Crippen molar-refractivity contribution in [2.45, 2.75) is 63.8 Å². The van der Waals surface area contributed by atoms with Crippen molar-refractivity contribution >= 4 is 0 Å². The van der Waals surface area contributed by atoms with Crippen molar-refractivity contribution in [2.75, 3.05) is 6.54 Å². The van der Waals surface area contributed by atoms with Gasteiger partial charge in [0.05, 0.1) is 0 Å². The first-order chi connectivity index (χ1) is 10.3. The molecule has 0 spiro atoms. The Labute approximate surface area is 128 Å². The molecule has 1 nitrogen and oxygen atoms in total. The molecule has 2 fully saturated rings. The fourth-order valence-corrected chi connectivity index (χ4v) is 4.00. The zero-order valence-electron chi connectivity index (χ0n) is 13.2. The Morgan fingerprint density at radius 2 is 1.95 bits per heavy atom. The van der Waals surface area contributed by atoms with Crippen molar-refractivity contribution in [3.05, 3.63) is 35.6 Å². The van der Waals surface area contributed by atoms with Crippen LogP contribution in [0.2, 0.25) is 0 Å². The second-order valence-electron chi connectivity index (χ2n) is 7.04. The molecule has 0 bridgehead atoms. The Bertz CT molecular complexity index is 455. The van der Waals surface area contributed by atoms with E-state index >= 15 is 0 Å². The highest BCUT2D eigenvalue weighted by atomic mass is 19.1. The predicted molar refractivity (Wildman–Crippen MR) is 85.9 cm³/mol. The van der Waals surface area contributed by atoms with Crippen LogP contribution < -0.4 is 5.32 Å². The van der Waals surface area contributed by atoms with E-state index in [9.17, 15) is 4.39 Å². The SMILES string of the molecule is CCCC1CCC(CNC2CC2)C(c2ccccc2F)C1.